The van der Waals surface area contributed by atoms with Crippen molar-refractivity contribution in [1.29, 1.82) is 0 Å². The Morgan fingerprint density at radius 3 is 2.64 bits per heavy atom. The lowest BCUT2D eigenvalue weighted by Crippen LogP contribution is -2.42. The Kier molecular flexibility index (Phi) is 5.79. The van der Waals surface area contributed by atoms with Crippen LogP contribution in [0.1, 0.15) is 17.3 Å². The molecule has 114 valence electrons. The summed E-state index contributed by atoms with van der Waals surface area (Å²) in [5.74, 6) is -0.459. The van der Waals surface area contributed by atoms with Crippen LogP contribution in [0, 0.1) is 0 Å². The SMILES string of the molecule is CCOC(=O)NNC(=O)c1cccnc1Sc1ccccc1. The smallest absolute Gasteiger partial charge is 0.426 e. The van der Waals surface area contributed by atoms with E-state index in [0.29, 0.717) is 10.6 Å². The molecule has 2 N–H and O–H groups in total. The minimum atomic E-state index is -0.711. The van der Waals surface area contributed by atoms with Gasteiger partial charge in [0, 0.05) is 11.1 Å². The summed E-state index contributed by atoms with van der Waals surface area (Å²) in [6, 6.07) is 12.9. The number of pyridine rings is 1. The molecule has 2 aromatic rings. The summed E-state index contributed by atoms with van der Waals surface area (Å²) in [5, 5.41) is 0.553. The lowest BCUT2D eigenvalue weighted by Gasteiger charge is -2.09. The molecule has 1 heterocycles. The Labute approximate surface area is 132 Å². The van der Waals surface area contributed by atoms with Crippen LogP contribution in [0.4, 0.5) is 4.79 Å². The molecule has 1 aromatic heterocycles. The van der Waals surface area contributed by atoms with Gasteiger partial charge in [-0.3, -0.25) is 10.2 Å². The third-order valence-electron chi connectivity index (χ3n) is 2.53. The number of nitrogens with zero attached hydrogens (tertiary/aromatic N) is 1. The van der Waals surface area contributed by atoms with Gasteiger partial charge in [-0.15, -0.1) is 0 Å². The van der Waals surface area contributed by atoms with Gasteiger partial charge in [0.1, 0.15) is 5.03 Å². The molecule has 0 spiro atoms. The maximum atomic E-state index is 12.1. The first-order valence-corrected chi connectivity index (χ1v) is 7.43. The Balaban J connectivity index is 2.07. The van der Waals surface area contributed by atoms with Gasteiger partial charge in [-0.1, -0.05) is 30.0 Å². The van der Waals surface area contributed by atoms with Crippen molar-refractivity contribution >= 4 is 23.8 Å². The van der Waals surface area contributed by atoms with E-state index in [1.807, 2.05) is 30.3 Å². The Morgan fingerprint density at radius 2 is 1.91 bits per heavy atom. The van der Waals surface area contributed by atoms with Crippen molar-refractivity contribution < 1.29 is 14.3 Å². The summed E-state index contributed by atoms with van der Waals surface area (Å²) in [6.07, 6.45) is 0.901. The zero-order chi connectivity index (χ0) is 15.8. The standard InChI is InChI=1S/C15H15N3O3S/c1-2-21-15(20)18-17-13(19)12-9-6-10-16-14(12)22-11-7-4-3-5-8-11/h3-10H,2H2,1H3,(H,17,19)(H,18,20). The fraction of sp³-hybridized carbons (Fsp3) is 0.133. The average Bonchev–Trinajstić information content (AvgIpc) is 2.54. The minimum Gasteiger partial charge on any atom is -0.449 e. The van der Waals surface area contributed by atoms with Crippen LogP contribution in [0.15, 0.2) is 58.6 Å². The van der Waals surface area contributed by atoms with Crippen molar-refractivity contribution in [1.82, 2.24) is 15.8 Å². The molecule has 0 aliphatic carbocycles. The lowest BCUT2D eigenvalue weighted by molar-refractivity contribution is 0.0909. The summed E-state index contributed by atoms with van der Waals surface area (Å²) >= 11 is 1.37. The first kappa shape index (κ1) is 15.8. The second-order valence-electron chi connectivity index (χ2n) is 4.07. The number of amides is 2. The van der Waals surface area contributed by atoms with Crippen LogP contribution in [-0.4, -0.2) is 23.6 Å². The van der Waals surface area contributed by atoms with E-state index >= 15 is 0 Å². The summed E-state index contributed by atoms with van der Waals surface area (Å²) in [4.78, 5) is 28.5. The highest BCUT2D eigenvalue weighted by Crippen LogP contribution is 2.28. The number of aromatic nitrogens is 1. The fourth-order valence-electron chi connectivity index (χ4n) is 1.59. The van der Waals surface area contributed by atoms with E-state index in [4.69, 9.17) is 0 Å². The molecule has 6 nitrogen and oxygen atoms in total. The predicted molar refractivity (Wildman–Crippen MR) is 82.4 cm³/mol. The topological polar surface area (TPSA) is 80.3 Å². The maximum absolute atomic E-state index is 12.1. The van der Waals surface area contributed by atoms with E-state index in [-0.39, 0.29) is 6.61 Å². The van der Waals surface area contributed by atoms with Gasteiger partial charge < -0.3 is 4.74 Å². The number of hydrazine groups is 1. The van der Waals surface area contributed by atoms with Gasteiger partial charge >= 0.3 is 6.09 Å². The van der Waals surface area contributed by atoms with Crippen LogP contribution in [0.5, 0.6) is 0 Å². The molecule has 0 radical (unpaired) electrons. The largest absolute Gasteiger partial charge is 0.449 e. The second kappa shape index (κ2) is 8.04. The minimum absolute atomic E-state index is 0.226. The second-order valence-corrected chi connectivity index (χ2v) is 5.13. The molecule has 7 heteroatoms. The van der Waals surface area contributed by atoms with Crippen LogP contribution >= 0.6 is 11.8 Å². The summed E-state index contributed by atoms with van der Waals surface area (Å²) in [6.45, 7) is 1.90. The van der Waals surface area contributed by atoms with Crippen molar-refractivity contribution in [3.05, 3.63) is 54.2 Å². The predicted octanol–water partition coefficient (Wildman–Crippen LogP) is 2.62. The zero-order valence-electron chi connectivity index (χ0n) is 11.9. The van der Waals surface area contributed by atoms with Crippen LogP contribution in [0.25, 0.3) is 0 Å². The number of carbonyl (C=O) groups excluding carboxylic acids is 2. The molecular formula is C15H15N3O3S. The lowest BCUT2D eigenvalue weighted by atomic mass is 10.3. The van der Waals surface area contributed by atoms with Crippen LogP contribution in [-0.2, 0) is 4.74 Å². The number of ether oxygens (including phenoxy) is 1. The van der Waals surface area contributed by atoms with Crippen LogP contribution in [0.3, 0.4) is 0 Å². The van der Waals surface area contributed by atoms with Crippen LogP contribution < -0.4 is 10.9 Å². The molecule has 22 heavy (non-hydrogen) atoms. The van der Waals surface area contributed by atoms with Gasteiger partial charge in [0.15, 0.2) is 0 Å². The number of hydrogen-bond acceptors (Lipinski definition) is 5. The molecular weight excluding hydrogens is 302 g/mol. The molecule has 0 aliphatic heterocycles. The van der Waals surface area contributed by atoms with E-state index in [9.17, 15) is 9.59 Å². The maximum Gasteiger partial charge on any atom is 0.426 e. The van der Waals surface area contributed by atoms with E-state index in [0.717, 1.165) is 4.90 Å². The van der Waals surface area contributed by atoms with Gasteiger partial charge in [0.2, 0.25) is 0 Å². The van der Waals surface area contributed by atoms with Gasteiger partial charge in [-0.25, -0.2) is 15.2 Å². The quantitative estimate of drug-likeness (QED) is 0.847. The molecule has 0 fully saturated rings. The van der Waals surface area contributed by atoms with Gasteiger partial charge in [-0.2, -0.15) is 0 Å². The molecule has 2 rings (SSSR count). The Bertz CT molecular complexity index is 649. The number of nitrogens with one attached hydrogen (secondary N) is 2. The summed E-state index contributed by atoms with van der Waals surface area (Å²) < 4.78 is 4.67. The number of benzene rings is 1. The van der Waals surface area contributed by atoms with Crippen molar-refractivity contribution in [3.8, 4) is 0 Å². The molecule has 0 atom stereocenters. The summed E-state index contributed by atoms with van der Waals surface area (Å²) in [7, 11) is 0. The molecule has 0 saturated carbocycles. The van der Waals surface area contributed by atoms with E-state index < -0.39 is 12.0 Å². The van der Waals surface area contributed by atoms with Crippen molar-refractivity contribution in [3.63, 3.8) is 0 Å². The molecule has 0 bridgehead atoms. The molecule has 1 aromatic carbocycles. The zero-order valence-corrected chi connectivity index (χ0v) is 12.7. The van der Waals surface area contributed by atoms with Gasteiger partial charge in [-0.05, 0) is 31.2 Å². The van der Waals surface area contributed by atoms with E-state index in [1.54, 1.807) is 25.3 Å². The highest BCUT2D eigenvalue weighted by Gasteiger charge is 2.14. The average molecular weight is 317 g/mol. The first-order chi connectivity index (χ1) is 10.7. The first-order valence-electron chi connectivity index (χ1n) is 6.61. The third-order valence-corrected chi connectivity index (χ3v) is 3.55. The van der Waals surface area contributed by atoms with Gasteiger partial charge in [0.25, 0.3) is 5.91 Å². The van der Waals surface area contributed by atoms with Crippen molar-refractivity contribution in [2.75, 3.05) is 6.61 Å². The highest BCUT2D eigenvalue weighted by atomic mass is 32.2. The Hall–Kier alpha value is -2.54. The number of carbonyl (C=O) groups is 2. The molecule has 0 aliphatic rings. The van der Waals surface area contributed by atoms with Gasteiger partial charge in [0.05, 0.1) is 12.2 Å². The number of hydrogen-bond donors (Lipinski definition) is 2. The molecule has 0 unspecified atom stereocenters. The van der Waals surface area contributed by atoms with E-state index in [2.05, 4.69) is 20.6 Å². The van der Waals surface area contributed by atoms with E-state index in [1.165, 1.54) is 11.8 Å². The third kappa shape index (κ3) is 4.49. The monoisotopic (exact) mass is 317 g/mol. The summed E-state index contributed by atoms with van der Waals surface area (Å²) in [5.41, 5.74) is 4.84. The highest BCUT2D eigenvalue weighted by molar-refractivity contribution is 7.99. The van der Waals surface area contributed by atoms with Crippen LogP contribution in [0.2, 0.25) is 0 Å². The Morgan fingerprint density at radius 1 is 1.14 bits per heavy atom. The normalized spacial score (nSPS) is 9.86. The number of rotatable bonds is 4. The van der Waals surface area contributed by atoms with Crippen molar-refractivity contribution in [2.24, 2.45) is 0 Å². The molecule has 2 amide bonds. The van der Waals surface area contributed by atoms with Crippen molar-refractivity contribution in [2.45, 2.75) is 16.8 Å². The fourth-order valence-corrected chi connectivity index (χ4v) is 2.49. The molecule has 0 saturated heterocycles.